The van der Waals surface area contributed by atoms with E-state index in [2.05, 4.69) is 20.6 Å². The third kappa shape index (κ3) is 8.84. The Labute approximate surface area is 241 Å². The van der Waals surface area contributed by atoms with Crippen LogP contribution in [0.2, 0.25) is 0 Å². The molecule has 0 fully saturated rings. The van der Waals surface area contributed by atoms with Crippen LogP contribution in [0.4, 0.5) is 4.39 Å². The van der Waals surface area contributed by atoms with Crippen molar-refractivity contribution in [3.05, 3.63) is 59.9 Å². The predicted molar refractivity (Wildman–Crippen MR) is 149 cm³/mol. The molecule has 0 bridgehead atoms. The minimum Gasteiger partial charge on any atom is -0.491 e. The Morgan fingerprint density at radius 3 is 2.76 bits per heavy atom. The van der Waals surface area contributed by atoms with Crippen LogP contribution in [0.1, 0.15) is 11.3 Å². The Morgan fingerprint density at radius 2 is 2.00 bits per heavy atom. The number of hydrogen-bond acceptors (Lipinski definition) is 11. The van der Waals surface area contributed by atoms with Gasteiger partial charge in [-0.15, -0.1) is 16.4 Å². The van der Waals surface area contributed by atoms with E-state index >= 15 is 0 Å². The smallest absolute Gasteiger partial charge is 0.327 e. The van der Waals surface area contributed by atoms with E-state index < -0.39 is 34.6 Å². The van der Waals surface area contributed by atoms with Gasteiger partial charge in [0.15, 0.2) is 0 Å². The summed E-state index contributed by atoms with van der Waals surface area (Å²) in [5.74, 6) is -0.197. The minimum absolute atomic E-state index is 0.00766. The van der Waals surface area contributed by atoms with Crippen LogP contribution in [0, 0.1) is 0 Å². The number of nitrogens with zero attached hydrogens (tertiary/aromatic N) is 4. The highest BCUT2D eigenvalue weighted by atomic mass is 32.2. The first-order valence-electron chi connectivity index (χ1n) is 11.9. The van der Waals surface area contributed by atoms with Crippen molar-refractivity contribution in [1.29, 1.82) is 0 Å². The summed E-state index contributed by atoms with van der Waals surface area (Å²) in [4.78, 5) is 28.2. The van der Waals surface area contributed by atoms with Crippen LogP contribution < -0.4 is 19.9 Å². The predicted octanol–water partition coefficient (Wildman–Crippen LogP) is 1.97. The maximum absolute atomic E-state index is 12.5. The lowest BCUT2D eigenvalue weighted by molar-refractivity contribution is -0.141. The third-order valence-corrected chi connectivity index (χ3v) is 8.75. The largest absolute Gasteiger partial charge is 0.491 e. The fraction of sp³-hybridized carbons (Fsp3) is 0.292. The second-order valence-corrected chi connectivity index (χ2v) is 12.3. The van der Waals surface area contributed by atoms with Crippen molar-refractivity contribution < 1.29 is 37.0 Å². The molecular weight excluding hydrogens is 599 g/mol. The van der Waals surface area contributed by atoms with Gasteiger partial charge in [0.1, 0.15) is 49.7 Å². The molecule has 0 spiro atoms. The number of thioether (sulfide) groups is 1. The third-order valence-electron chi connectivity index (χ3n) is 5.29. The molecule has 0 radical (unpaired) electrons. The summed E-state index contributed by atoms with van der Waals surface area (Å²) in [5.41, 5.74) is 1.70. The van der Waals surface area contributed by atoms with Crippen molar-refractivity contribution >= 4 is 55.2 Å². The van der Waals surface area contributed by atoms with Gasteiger partial charge in [-0.25, -0.2) is 32.4 Å². The van der Waals surface area contributed by atoms with E-state index in [1.165, 1.54) is 22.6 Å². The van der Waals surface area contributed by atoms with Crippen molar-refractivity contribution in [3.8, 4) is 11.5 Å². The van der Waals surface area contributed by atoms with Gasteiger partial charge in [-0.1, -0.05) is 17.3 Å². The number of aromatic nitrogens is 4. The molecule has 2 aromatic heterocycles. The number of thiazole rings is 1. The summed E-state index contributed by atoms with van der Waals surface area (Å²) in [6.07, 6.45) is 1.49. The van der Waals surface area contributed by atoms with Crippen LogP contribution in [-0.2, 0) is 38.5 Å². The number of alkyl halides is 1. The average Bonchev–Trinajstić information content (AvgIpc) is 3.57. The summed E-state index contributed by atoms with van der Waals surface area (Å²) in [6.45, 7) is -0.884. The maximum Gasteiger partial charge on any atom is 0.327 e. The number of hydrogen-bond donors (Lipinski definition) is 3. The van der Waals surface area contributed by atoms with Crippen LogP contribution in [-0.4, -0.2) is 70.5 Å². The van der Waals surface area contributed by atoms with Gasteiger partial charge in [-0.3, -0.25) is 4.79 Å². The molecule has 0 aliphatic carbocycles. The molecular formula is C24H25FN6O7S3. The molecule has 0 aliphatic rings. The number of nitrogens with two attached hydrogens (primary N) is 1. The lowest BCUT2D eigenvalue weighted by atomic mass is 10.2. The molecule has 1 unspecified atom stereocenters. The molecule has 4 rings (SSSR count). The highest BCUT2D eigenvalue weighted by Gasteiger charge is 2.21. The van der Waals surface area contributed by atoms with Gasteiger partial charge >= 0.3 is 5.97 Å². The zero-order valence-electron chi connectivity index (χ0n) is 21.3. The molecule has 218 valence electrons. The molecule has 0 aliphatic heterocycles. The average molecular weight is 625 g/mol. The van der Waals surface area contributed by atoms with Crippen LogP contribution in [0.15, 0.2) is 53.0 Å². The van der Waals surface area contributed by atoms with Crippen LogP contribution in [0.5, 0.6) is 11.5 Å². The summed E-state index contributed by atoms with van der Waals surface area (Å²) < 4.78 is 48.0. The number of nitrogens with one attached hydrogen (secondary N) is 1. The van der Waals surface area contributed by atoms with E-state index in [1.54, 1.807) is 36.4 Å². The number of benzene rings is 2. The molecule has 17 heteroatoms. The van der Waals surface area contributed by atoms with Crippen molar-refractivity contribution in [2.75, 3.05) is 19.0 Å². The number of ether oxygens (including phenoxy) is 2. The Balaban J connectivity index is 1.25. The normalized spacial score (nSPS) is 12.2. The van der Waals surface area contributed by atoms with Crippen molar-refractivity contribution in [2.45, 2.75) is 29.3 Å². The number of carbonyl (C=O) groups is 2. The van der Waals surface area contributed by atoms with Crippen LogP contribution in [0.25, 0.3) is 10.2 Å². The van der Waals surface area contributed by atoms with Gasteiger partial charge in [0.25, 0.3) is 10.0 Å². The summed E-state index contributed by atoms with van der Waals surface area (Å²) in [7, 11) is -3.91. The first kappa shape index (κ1) is 30.2. The number of amides is 1. The highest BCUT2D eigenvalue weighted by molar-refractivity contribution is 7.98. The molecule has 13 nitrogen and oxygen atoms in total. The molecule has 1 amide bonds. The number of fused-ring (bicyclic) bond motifs is 1. The molecule has 2 heterocycles. The number of halogens is 1. The van der Waals surface area contributed by atoms with Gasteiger partial charge in [-0.2, -0.15) is 11.8 Å². The quantitative estimate of drug-likeness (QED) is 0.175. The molecule has 4 aromatic rings. The van der Waals surface area contributed by atoms with Crippen LogP contribution in [0.3, 0.4) is 0 Å². The lowest BCUT2D eigenvalue weighted by Crippen LogP contribution is -2.44. The number of sulfonamides is 1. The molecule has 0 saturated heterocycles. The van der Waals surface area contributed by atoms with Gasteiger partial charge in [0.05, 0.1) is 16.4 Å². The minimum atomic E-state index is -3.91. The SMILES string of the molecule is NS(=O)(=O)c1nc2cc(OCc3cn(CC(=O)NC(CSCc4cccc(OCCF)c4)C(=O)O)nn3)ccc2s1. The number of aliphatic carboxylic acids is 1. The Kier molecular flexibility index (Phi) is 10.1. The van der Waals surface area contributed by atoms with Crippen molar-refractivity contribution in [1.82, 2.24) is 25.3 Å². The fourth-order valence-electron chi connectivity index (χ4n) is 3.47. The highest BCUT2D eigenvalue weighted by Crippen LogP contribution is 2.28. The van der Waals surface area contributed by atoms with Gasteiger partial charge in [-0.05, 0) is 29.8 Å². The fourth-order valence-corrected chi connectivity index (χ4v) is 6.11. The lowest BCUT2D eigenvalue weighted by Gasteiger charge is -2.14. The first-order chi connectivity index (χ1) is 19.6. The standard InChI is InChI=1S/C24H25FN6O7S3/c25-6-7-37-17-3-1-2-15(8-17)13-39-14-20(23(33)34)27-22(32)11-31-10-16(29-30-31)12-38-18-4-5-21-19(9-18)28-24(40-21)41(26,35)36/h1-5,8-10,20H,6-7,11-14H2,(H,27,32)(H,33,34)(H2,26,35,36). The van der Waals surface area contributed by atoms with E-state index in [1.807, 2.05) is 6.07 Å². The van der Waals surface area contributed by atoms with Crippen molar-refractivity contribution in [2.24, 2.45) is 5.14 Å². The molecule has 2 aromatic carbocycles. The van der Waals surface area contributed by atoms with E-state index in [4.69, 9.17) is 14.6 Å². The number of carboxylic acid groups (broad SMARTS) is 1. The summed E-state index contributed by atoms with van der Waals surface area (Å²) in [6, 6.07) is 10.8. The first-order valence-corrected chi connectivity index (χ1v) is 15.5. The second-order valence-electron chi connectivity index (χ2n) is 8.51. The molecule has 4 N–H and O–H groups in total. The zero-order valence-corrected chi connectivity index (χ0v) is 23.8. The number of carboxylic acids is 1. The molecule has 0 saturated carbocycles. The monoisotopic (exact) mass is 624 g/mol. The number of primary sulfonamides is 1. The van der Waals surface area contributed by atoms with Gasteiger partial charge in [0, 0.05) is 17.6 Å². The van der Waals surface area contributed by atoms with E-state index in [0.29, 0.717) is 33.2 Å². The number of rotatable bonds is 15. The Hall–Kier alpha value is -3.80. The van der Waals surface area contributed by atoms with E-state index in [-0.39, 0.29) is 29.9 Å². The number of carbonyl (C=O) groups excluding carboxylic acids is 1. The van der Waals surface area contributed by atoms with Crippen molar-refractivity contribution in [3.63, 3.8) is 0 Å². The van der Waals surface area contributed by atoms with Crippen LogP contribution >= 0.6 is 23.1 Å². The maximum atomic E-state index is 12.5. The Bertz CT molecular complexity index is 1630. The summed E-state index contributed by atoms with van der Waals surface area (Å²) in [5, 5.41) is 25.0. The Morgan fingerprint density at radius 1 is 1.20 bits per heavy atom. The topological polar surface area (TPSA) is 189 Å². The van der Waals surface area contributed by atoms with Gasteiger partial charge < -0.3 is 19.9 Å². The van der Waals surface area contributed by atoms with E-state index in [0.717, 1.165) is 16.9 Å². The zero-order chi connectivity index (χ0) is 29.4. The molecule has 1 atom stereocenters. The second kappa shape index (κ2) is 13.7. The van der Waals surface area contributed by atoms with Gasteiger partial charge in [0.2, 0.25) is 10.2 Å². The van der Waals surface area contributed by atoms with E-state index in [9.17, 15) is 27.5 Å². The molecule has 41 heavy (non-hydrogen) atoms. The summed E-state index contributed by atoms with van der Waals surface area (Å²) >= 11 is 2.27.